The third-order valence-corrected chi connectivity index (χ3v) is 19.2. The van der Waals surface area contributed by atoms with Gasteiger partial charge in [-0.25, -0.2) is 4.79 Å². The zero-order valence-corrected chi connectivity index (χ0v) is 33.5. The van der Waals surface area contributed by atoms with Crippen molar-refractivity contribution in [2.45, 2.75) is 162 Å². The first-order valence-electron chi connectivity index (χ1n) is 17.3. The number of rotatable bonds is 10. The summed E-state index contributed by atoms with van der Waals surface area (Å²) in [5, 5.41) is 0.241. The van der Waals surface area contributed by atoms with Gasteiger partial charge < -0.3 is 18.3 Å². The normalized spacial score (nSPS) is 24.7. The number of ether oxygens (including phenoxy) is 2. The third-order valence-electron chi connectivity index (χ3n) is 10.3. The Morgan fingerprint density at radius 2 is 1.58 bits per heavy atom. The van der Waals surface area contributed by atoms with Crippen molar-refractivity contribution >= 4 is 22.6 Å². The van der Waals surface area contributed by atoms with Gasteiger partial charge in [-0.1, -0.05) is 78.9 Å². The number of hydrogen-bond acceptors (Lipinski definition) is 5. The van der Waals surface area contributed by atoms with Crippen molar-refractivity contribution in [1.29, 1.82) is 0 Å². The van der Waals surface area contributed by atoms with Crippen molar-refractivity contribution < 1.29 is 23.1 Å². The van der Waals surface area contributed by atoms with Crippen molar-refractivity contribution in [2.75, 3.05) is 13.2 Å². The Balaban J connectivity index is 2.33. The first kappa shape index (κ1) is 39.8. The van der Waals surface area contributed by atoms with Gasteiger partial charge in [0, 0.05) is 24.7 Å². The summed E-state index contributed by atoms with van der Waals surface area (Å²) in [6.45, 7) is 33.5. The Hall–Kier alpha value is -1.36. The molecule has 2 fully saturated rings. The lowest BCUT2D eigenvalue weighted by Crippen LogP contribution is -2.45. The predicted molar refractivity (Wildman–Crippen MR) is 193 cm³/mol. The zero-order valence-electron chi connectivity index (χ0n) is 31.5. The summed E-state index contributed by atoms with van der Waals surface area (Å²) in [4.78, 5) is 12.1. The molecule has 0 heterocycles. The minimum absolute atomic E-state index is 0.0269. The number of allylic oxidation sites excluding steroid dienone is 1. The van der Waals surface area contributed by atoms with Crippen molar-refractivity contribution in [2.24, 2.45) is 23.7 Å². The number of fused-ring (bicyclic) bond motifs is 1. The van der Waals surface area contributed by atoms with Crippen LogP contribution in [0.3, 0.4) is 0 Å². The second-order valence-electron chi connectivity index (χ2n) is 17.5. The van der Waals surface area contributed by atoms with Crippen LogP contribution in [0.2, 0.25) is 36.3 Å². The highest BCUT2D eigenvalue weighted by Gasteiger charge is 2.50. The lowest BCUT2D eigenvalue weighted by Gasteiger charge is -2.40. The lowest BCUT2D eigenvalue weighted by molar-refractivity contribution is -0.159. The summed E-state index contributed by atoms with van der Waals surface area (Å²) < 4.78 is 25.2. The van der Waals surface area contributed by atoms with Gasteiger partial charge in [0.1, 0.15) is 18.3 Å². The van der Waals surface area contributed by atoms with Crippen LogP contribution in [0.4, 0.5) is 0 Å². The van der Waals surface area contributed by atoms with Gasteiger partial charge in [0.2, 0.25) is 0 Å². The fourth-order valence-corrected chi connectivity index (χ4v) is 8.23. The SMILES string of the molecule is CCC#CC[C@H](C)[C@@H](C#C[C@@H]1[C@H]2C/C(=C/COCC(=O)OC(C)(C)C)C[C@H]2C[C@H]1O[Si](C)(C)C(C)(C)C)O[Si](C)(C)C(C)(C)C. The molecule has 6 atom stereocenters. The Morgan fingerprint density at radius 1 is 0.956 bits per heavy atom. The molecule has 2 rings (SSSR count). The van der Waals surface area contributed by atoms with E-state index < -0.39 is 22.2 Å². The van der Waals surface area contributed by atoms with Gasteiger partial charge >= 0.3 is 5.97 Å². The highest BCUT2D eigenvalue weighted by Crippen LogP contribution is 2.52. The highest BCUT2D eigenvalue weighted by molar-refractivity contribution is 6.74. The summed E-state index contributed by atoms with van der Waals surface area (Å²) in [7, 11) is -4.03. The van der Waals surface area contributed by atoms with E-state index in [1.807, 2.05) is 20.8 Å². The molecule has 0 saturated heterocycles. The maximum atomic E-state index is 12.1. The maximum absolute atomic E-state index is 12.1. The van der Waals surface area contributed by atoms with Crippen molar-refractivity contribution in [3.8, 4) is 23.7 Å². The van der Waals surface area contributed by atoms with Crippen LogP contribution in [0.5, 0.6) is 0 Å². The number of esters is 1. The summed E-state index contributed by atoms with van der Waals surface area (Å²) in [5.41, 5.74) is 0.903. The minimum Gasteiger partial charge on any atom is -0.458 e. The van der Waals surface area contributed by atoms with Gasteiger partial charge in [-0.2, -0.15) is 0 Å². The molecular weight excluding hydrogens is 593 g/mol. The molecule has 0 N–H and O–H groups in total. The number of carbonyl (C=O) groups excluding carboxylic acids is 1. The van der Waals surface area contributed by atoms with Crippen LogP contribution in [0.15, 0.2) is 11.6 Å². The van der Waals surface area contributed by atoms with E-state index in [1.165, 1.54) is 5.57 Å². The summed E-state index contributed by atoms with van der Waals surface area (Å²) in [6.07, 6.45) is 6.91. The van der Waals surface area contributed by atoms with Crippen LogP contribution >= 0.6 is 0 Å². The van der Waals surface area contributed by atoms with E-state index in [-0.39, 0.29) is 46.7 Å². The average Bonchev–Trinajstić information content (AvgIpc) is 3.38. The lowest BCUT2D eigenvalue weighted by atomic mass is 9.91. The average molecular weight is 659 g/mol. The van der Waals surface area contributed by atoms with Crippen LogP contribution in [0, 0.1) is 47.4 Å². The molecule has 5 nitrogen and oxygen atoms in total. The molecule has 0 aromatic carbocycles. The fourth-order valence-electron chi connectivity index (χ4n) is 5.60. The van der Waals surface area contributed by atoms with Gasteiger partial charge in [0.05, 0.1) is 12.7 Å². The van der Waals surface area contributed by atoms with E-state index in [0.717, 1.165) is 32.1 Å². The molecule has 2 saturated carbocycles. The van der Waals surface area contributed by atoms with Crippen molar-refractivity contribution in [3.05, 3.63) is 11.6 Å². The largest absolute Gasteiger partial charge is 0.458 e. The topological polar surface area (TPSA) is 54.0 Å². The van der Waals surface area contributed by atoms with Crippen LogP contribution in [-0.2, 0) is 23.1 Å². The summed E-state index contributed by atoms with van der Waals surface area (Å²) in [6, 6.07) is 0. The Kier molecular flexibility index (Phi) is 13.9. The van der Waals surface area contributed by atoms with Crippen LogP contribution in [0.25, 0.3) is 0 Å². The van der Waals surface area contributed by atoms with Gasteiger partial charge in [0.15, 0.2) is 16.6 Å². The Bertz CT molecular complexity index is 1140. The van der Waals surface area contributed by atoms with E-state index in [4.69, 9.17) is 18.3 Å². The first-order valence-corrected chi connectivity index (χ1v) is 23.1. The first-order chi connectivity index (χ1) is 20.5. The maximum Gasteiger partial charge on any atom is 0.332 e. The minimum atomic E-state index is -2.04. The summed E-state index contributed by atoms with van der Waals surface area (Å²) in [5.74, 6) is 15.2. The molecular formula is C38H66O5Si2. The van der Waals surface area contributed by atoms with Crippen LogP contribution in [-0.4, -0.2) is 53.6 Å². The Morgan fingerprint density at radius 3 is 2.13 bits per heavy atom. The van der Waals surface area contributed by atoms with Gasteiger partial charge in [-0.15, -0.1) is 11.8 Å². The Labute approximate surface area is 279 Å². The van der Waals surface area contributed by atoms with Gasteiger partial charge in [-0.05, 0) is 88.1 Å². The van der Waals surface area contributed by atoms with E-state index >= 15 is 0 Å². The molecule has 256 valence electrons. The van der Waals surface area contributed by atoms with Crippen molar-refractivity contribution in [3.63, 3.8) is 0 Å². The van der Waals surface area contributed by atoms with Crippen LogP contribution in [0.1, 0.15) is 108 Å². The molecule has 2 aliphatic carbocycles. The molecule has 0 aromatic heterocycles. The fraction of sp³-hybridized carbons (Fsp3) is 0.816. The zero-order chi connectivity index (χ0) is 34.4. The summed E-state index contributed by atoms with van der Waals surface area (Å²) >= 11 is 0. The predicted octanol–water partition coefficient (Wildman–Crippen LogP) is 9.54. The molecule has 0 amide bonds. The quantitative estimate of drug-likeness (QED) is 0.0769. The monoisotopic (exact) mass is 658 g/mol. The van der Waals surface area contributed by atoms with Gasteiger partial charge in [-0.3, -0.25) is 0 Å². The number of carbonyl (C=O) groups is 1. The molecule has 45 heavy (non-hydrogen) atoms. The standard InChI is InChI=1S/C38H66O5Si2/c1-16-17-18-19-28(2)33(42-44(12,13)37(6,7)8)21-20-31-32-25-29(22-23-40-27-35(39)41-36(3,4)5)24-30(32)26-34(31)43-45(14,15)38(9,10)11/h22,28,30-34H,16,19,23-27H2,1-15H3/b29-22+/t28-,30-,31+,32-,33+,34+/m0/s1. The van der Waals surface area contributed by atoms with Crippen LogP contribution < -0.4 is 0 Å². The molecule has 0 unspecified atom stereocenters. The number of hydrogen-bond donors (Lipinski definition) is 0. The molecule has 0 spiro atoms. The van der Waals surface area contributed by atoms with E-state index in [0.29, 0.717) is 18.4 Å². The molecule has 2 aliphatic rings. The second kappa shape index (κ2) is 15.7. The molecule has 0 bridgehead atoms. The third kappa shape index (κ3) is 12.0. The van der Waals surface area contributed by atoms with E-state index in [1.54, 1.807) is 0 Å². The van der Waals surface area contributed by atoms with E-state index in [9.17, 15) is 4.79 Å². The van der Waals surface area contributed by atoms with Gasteiger partial charge in [0.25, 0.3) is 0 Å². The molecule has 7 heteroatoms. The van der Waals surface area contributed by atoms with Crippen molar-refractivity contribution in [1.82, 2.24) is 0 Å². The molecule has 0 aliphatic heterocycles. The second-order valence-corrected chi connectivity index (χ2v) is 27.0. The van der Waals surface area contributed by atoms with E-state index in [2.05, 4.69) is 111 Å². The molecule has 0 aromatic rings. The smallest absolute Gasteiger partial charge is 0.332 e. The molecule has 0 radical (unpaired) electrons. The highest BCUT2D eigenvalue weighted by atomic mass is 28.4.